The first-order valence-corrected chi connectivity index (χ1v) is 8.84. The van der Waals surface area contributed by atoms with Gasteiger partial charge in [0.1, 0.15) is 13.2 Å². The van der Waals surface area contributed by atoms with Gasteiger partial charge in [-0.05, 0) is 32.6 Å². The Labute approximate surface area is 126 Å². The lowest BCUT2D eigenvalue weighted by Gasteiger charge is -2.38. The third-order valence-corrected chi connectivity index (χ3v) is 5.02. The largest absolute Gasteiger partial charge is 0.492 e. The van der Waals surface area contributed by atoms with E-state index in [-0.39, 0.29) is 0 Å². The molecule has 1 aliphatic rings. The van der Waals surface area contributed by atoms with Crippen molar-refractivity contribution in [2.45, 2.75) is 65.7 Å². The second-order valence-corrected chi connectivity index (χ2v) is 6.48. The van der Waals surface area contributed by atoms with Crippen molar-refractivity contribution in [1.82, 2.24) is 0 Å². The summed E-state index contributed by atoms with van der Waals surface area (Å²) in [7, 11) is 0. The number of hydrogen-bond acceptors (Lipinski definition) is 1. The zero-order valence-electron chi connectivity index (χ0n) is 14.1. The SMILES string of the molecule is C=C(OCC[N+](CC)(CCC)CCCC)C1CCCC1. The molecule has 0 radical (unpaired) electrons. The second-order valence-electron chi connectivity index (χ2n) is 6.48. The molecule has 0 aromatic heterocycles. The fourth-order valence-electron chi connectivity index (χ4n) is 3.51. The van der Waals surface area contributed by atoms with Gasteiger partial charge in [0.2, 0.25) is 0 Å². The van der Waals surface area contributed by atoms with Gasteiger partial charge in [-0.15, -0.1) is 0 Å². The standard InChI is InChI=1S/C18H36NO/c1-5-8-14-19(7-3,13-6-2)15-16-20-17(4)18-11-9-10-12-18/h18H,4-16H2,1-3H3/q+1. The summed E-state index contributed by atoms with van der Waals surface area (Å²) in [5, 5.41) is 0. The van der Waals surface area contributed by atoms with Crippen LogP contribution in [0.4, 0.5) is 0 Å². The monoisotopic (exact) mass is 282 g/mol. The van der Waals surface area contributed by atoms with Gasteiger partial charge in [0.05, 0.1) is 25.4 Å². The quantitative estimate of drug-likeness (QED) is 0.392. The van der Waals surface area contributed by atoms with E-state index in [1.807, 2.05) is 0 Å². The molecule has 1 saturated carbocycles. The normalized spacial score (nSPS) is 18.9. The van der Waals surface area contributed by atoms with E-state index in [4.69, 9.17) is 4.74 Å². The second kappa shape index (κ2) is 9.44. The molecule has 0 aromatic carbocycles. The van der Waals surface area contributed by atoms with Crippen LogP contribution in [0, 0.1) is 5.92 Å². The van der Waals surface area contributed by atoms with E-state index in [9.17, 15) is 0 Å². The molecule has 0 heterocycles. The van der Waals surface area contributed by atoms with E-state index >= 15 is 0 Å². The van der Waals surface area contributed by atoms with Crippen LogP contribution in [0.25, 0.3) is 0 Å². The summed E-state index contributed by atoms with van der Waals surface area (Å²) in [5.41, 5.74) is 0. The average Bonchev–Trinajstić information content (AvgIpc) is 2.99. The maximum atomic E-state index is 6.00. The first kappa shape index (κ1) is 17.6. The molecule has 0 N–H and O–H groups in total. The molecule has 20 heavy (non-hydrogen) atoms. The minimum absolute atomic E-state index is 0.639. The Morgan fingerprint density at radius 2 is 1.75 bits per heavy atom. The third kappa shape index (κ3) is 5.47. The zero-order valence-corrected chi connectivity index (χ0v) is 14.1. The van der Waals surface area contributed by atoms with Crippen LogP contribution in [0.5, 0.6) is 0 Å². The Morgan fingerprint density at radius 1 is 1.05 bits per heavy atom. The van der Waals surface area contributed by atoms with Crippen molar-refractivity contribution >= 4 is 0 Å². The van der Waals surface area contributed by atoms with Crippen molar-refractivity contribution in [2.75, 3.05) is 32.8 Å². The molecule has 2 heteroatoms. The Kier molecular flexibility index (Phi) is 8.28. The first-order valence-electron chi connectivity index (χ1n) is 8.84. The van der Waals surface area contributed by atoms with Crippen LogP contribution in [0.15, 0.2) is 12.3 Å². The Hall–Kier alpha value is -0.500. The molecule has 1 unspecified atom stereocenters. The molecule has 0 bridgehead atoms. The van der Waals surface area contributed by atoms with Crippen LogP contribution >= 0.6 is 0 Å². The minimum atomic E-state index is 0.639. The van der Waals surface area contributed by atoms with Gasteiger partial charge in [0.15, 0.2) is 0 Å². The molecular weight excluding hydrogens is 246 g/mol. The highest BCUT2D eigenvalue weighted by atomic mass is 16.5. The van der Waals surface area contributed by atoms with Crippen molar-refractivity contribution in [3.63, 3.8) is 0 Å². The smallest absolute Gasteiger partial charge is 0.137 e. The van der Waals surface area contributed by atoms with Gasteiger partial charge < -0.3 is 9.22 Å². The summed E-state index contributed by atoms with van der Waals surface area (Å²) >= 11 is 0. The third-order valence-electron chi connectivity index (χ3n) is 5.02. The van der Waals surface area contributed by atoms with E-state index in [2.05, 4.69) is 27.4 Å². The Bertz CT molecular complexity index is 271. The minimum Gasteiger partial charge on any atom is -0.492 e. The number of unbranched alkanes of at least 4 members (excludes halogenated alkanes) is 1. The Balaban J connectivity index is 2.38. The van der Waals surface area contributed by atoms with E-state index in [1.54, 1.807) is 0 Å². The number of rotatable bonds is 11. The molecule has 0 aromatic rings. The highest BCUT2D eigenvalue weighted by Gasteiger charge is 2.25. The summed E-state index contributed by atoms with van der Waals surface area (Å²) < 4.78 is 7.22. The van der Waals surface area contributed by atoms with E-state index < -0.39 is 0 Å². The molecule has 2 nitrogen and oxygen atoms in total. The highest BCUT2D eigenvalue weighted by Crippen LogP contribution is 2.30. The first-order chi connectivity index (χ1) is 9.67. The summed E-state index contributed by atoms with van der Waals surface area (Å²) in [4.78, 5) is 0. The van der Waals surface area contributed by atoms with Crippen LogP contribution < -0.4 is 0 Å². The fraction of sp³-hybridized carbons (Fsp3) is 0.889. The van der Waals surface area contributed by atoms with E-state index in [1.165, 1.54) is 69.1 Å². The van der Waals surface area contributed by atoms with Crippen molar-refractivity contribution in [2.24, 2.45) is 5.92 Å². The maximum absolute atomic E-state index is 6.00. The van der Waals surface area contributed by atoms with Crippen molar-refractivity contribution in [3.05, 3.63) is 12.3 Å². The summed E-state index contributed by atoms with van der Waals surface area (Å²) in [5.74, 6) is 1.70. The molecule has 1 fully saturated rings. The van der Waals surface area contributed by atoms with Gasteiger partial charge in [-0.3, -0.25) is 0 Å². The number of quaternary nitrogens is 1. The van der Waals surface area contributed by atoms with Crippen LogP contribution in [0.2, 0.25) is 0 Å². The topological polar surface area (TPSA) is 9.23 Å². The molecule has 0 saturated heterocycles. The van der Waals surface area contributed by atoms with E-state index in [0.717, 1.165) is 18.9 Å². The van der Waals surface area contributed by atoms with Gasteiger partial charge in [-0.2, -0.15) is 0 Å². The average molecular weight is 282 g/mol. The fourth-order valence-corrected chi connectivity index (χ4v) is 3.51. The number of ether oxygens (including phenoxy) is 1. The molecule has 0 amide bonds. The van der Waals surface area contributed by atoms with Crippen molar-refractivity contribution in [1.29, 1.82) is 0 Å². The lowest BCUT2D eigenvalue weighted by Crippen LogP contribution is -2.51. The van der Waals surface area contributed by atoms with Crippen LogP contribution in [0.3, 0.4) is 0 Å². The number of hydrogen-bond donors (Lipinski definition) is 0. The molecule has 0 spiro atoms. The van der Waals surface area contributed by atoms with Crippen LogP contribution in [-0.2, 0) is 4.74 Å². The van der Waals surface area contributed by atoms with Gasteiger partial charge in [0, 0.05) is 5.92 Å². The predicted octanol–water partition coefficient (Wildman–Crippen LogP) is 4.75. The molecule has 1 rings (SSSR count). The van der Waals surface area contributed by atoms with Crippen LogP contribution in [-0.4, -0.2) is 37.3 Å². The maximum Gasteiger partial charge on any atom is 0.137 e. The Morgan fingerprint density at radius 3 is 2.30 bits per heavy atom. The molecule has 1 atom stereocenters. The highest BCUT2D eigenvalue weighted by molar-refractivity contribution is 4.93. The predicted molar refractivity (Wildman–Crippen MR) is 87.7 cm³/mol. The summed E-state index contributed by atoms with van der Waals surface area (Å²) in [6.45, 7) is 16.9. The van der Waals surface area contributed by atoms with Gasteiger partial charge in [-0.1, -0.05) is 39.7 Å². The lowest BCUT2D eigenvalue weighted by molar-refractivity contribution is -0.927. The van der Waals surface area contributed by atoms with Crippen molar-refractivity contribution in [3.8, 4) is 0 Å². The molecule has 0 aliphatic heterocycles. The molecule has 118 valence electrons. The summed E-state index contributed by atoms with van der Waals surface area (Å²) in [6, 6.07) is 0. The van der Waals surface area contributed by atoms with Gasteiger partial charge >= 0.3 is 0 Å². The number of likely N-dealkylation sites (N-methyl/N-ethyl adjacent to an activating group) is 1. The molecular formula is C18H36NO+. The van der Waals surface area contributed by atoms with E-state index in [0.29, 0.717) is 5.92 Å². The van der Waals surface area contributed by atoms with Gasteiger partial charge in [-0.25, -0.2) is 0 Å². The summed E-state index contributed by atoms with van der Waals surface area (Å²) in [6.07, 6.45) is 9.18. The van der Waals surface area contributed by atoms with Gasteiger partial charge in [0.25, 0.3) is 0 Å². The zero-order chi connectivity index (χ0) is 14.8. The lowest BCUT2D eigenvalue weighted by atomic mass is 10.1. The number of nitrogens with zero attached hydrogens (tertiary/aromatic N) is 1. The van der Waals surface area contributed by atoms with Crippen LogP contribution in [0.1, 0.15) is 65.7 Å². The van der Waals surface area contributed by atoms with Crippen molar-refractivity contribution < 1.29 is 9.22 Å². The molecule has 1 aliphatic carbocycles. The number of allylic oxidation sites excluding steroid dienone is 1.